The summed E-state index contributed by atoms with van der Waals surface area (Å²) >= 11 is 0. The van der Waals surface area contributed by atoms with Crippen molar-refractivity contribution < 1.29 is 4.79 Å². The predicted molar refractivity (Wildman–Crippen MR) is 104 cm³/mol. The van der Waals surface area contributed by atoms with E-state index >= 15 is 0 Å². The Morgan fingerprint density at radius 3 is 2.31 bits per heavy atom. The zero-order chi connectivity index (χ0) is 18.5. The number of aromatic nitrogens is 2. The fourth-order valence-electron chi connectivity index (χ4n) is 2.75. The molecular weight excluding hydrogens is 324 g/mol. The summed E-state index contributed by atoms with van der Waals surface area (Å²) in [5.74, 6) is 0.371. The lowest BCUT2D eigenvalue weighted by Crippen LogP contribution is -2.24. The standard InChI is InChI=1S/C21H22N4O/c1-14-6-4-9-17(12-14)13-22-21(26)18-10-11-19(25-24-18)23-20-15(2)7-5-8-16(20)3/h4-12H,13H2,1-3H3,(H,22,26)(H,23,25). The van der Waals surface area contributed by atoms with Gasteiger partial charge in [-0.25, -0.2) is 0 Å². The minimum atomic E-state index is -0.238. The van der Waals surface area contributed by atoms with Crippen LogP contribution in [0.2, 0.25) is 0 Å². The number of hydrogen-bond donors (Lipinski definition) is 2. The summed E-state index contributed by atoms with van der Waals surface area (Å²) in [6.07, 6.45) is 0. The van der Waals surface area contributed by atoms with Crippen molar-refractivity contribution in [2.24, 2.45) is 0 Å². The molecule has 3 rings (SSSR count). The van der Waals surface area contributed by atoms with E-state index in [1.165, 1.54) is 5.56 Å². The Labute approximate surface area is 153 Å². The molecule has 1 heterocycles. The molecule has 0 spiro atoms. The third-order valence-electron chi connectivity index (χ3n) is 4.17. The van der Waals surface area contributed by atoms with E-state index in [1.54, 1.807) is 12.1 Å². The first-order valence-corrected chi connectivity index (χ1v) is 8.53. The second kappa shape index (κ2) is 7.78. The van der Waals surface area contributed by atoms with E-state index in [1.807, 2.05) is 63.2 Å². The van der Waals surface area contributed by atoms with Crippen molar-refractivity contribution in [3.63, 3.8) is 0 Å². The van der Waals surface area contributed by atoms with Crippen molar-refractivity contribution >= 4 is 17.4 Å². The molecule has 0 radical (unpaired) electrons. The maximum Gasteiger partial charge on any atom is 0.272 e. The molecule has 0 fully saturated rings. The Bertz CT molecular complexity index is 899. The van der Waals surface area contributed by atoms with E-state index < -0.39 is 0 Å². The first kappa shape index (κ1) is 17.6. The van der Waals surface area contributed by atoms with E-state index in [0.29, 0.717) is 18.1 Å². The monoisotopic (exact) mass is 346 g/mol. The Balaban J connectivity index is 1.64. The number of benzene rings is 2. The van der Waals surface area contributed by atoms with Gasteiger partial charge in [0.1, 0.15) is 0 Å². The van der Waals surface area contributed by atoms with Gasteiger partial charge in [0.15, 0.2) is 11.5 Å². The van der Waals surface area contributed by atoms with Gasteiger partial charge in [0.05, 0.1) is 0 Å². The number of rotatable bonds is 5. The molecule has 3 aromatic rings. The Morgan fingerprint density at radius 1 is 0.923 bits per heavy atom. The van der Waals surface area contributed by atoms with Gasteiger partial charge in [-0.15, -0.1) is 10.2 Å². The maximum absolute atomic E-state index is 12.2. The summed E-state index contributed by atoms with van der Waals surface area (Å²) in [7, 11) is 0. The molecule has 1 amide bonds. The zero-order valence-electron chi connectivity index (χ0n) is 15.2. The second-order valence-electron chi connectivity index (χ2n) is 6.37. The molecule has 0 bridgehead atoms. The van der Waals surface area contributed by atoms with Gasteiger partial charge in [-0.1, -0.05) is 48.0 Å². The molecular formula is C21H22N4O. The van der Waals surface area contributed by atoms with E-state index in [9.17, 15) is 4.79 Å². The lowest BCUT2D eigenvalue weighted by atomic mass is 10.1. The molecule has 0 aliphatic rings. The molecule has 0 atom stereocenters. The van der Waals surface area contributed by atoms with Crippen molar-refractivity contribution in [2.45, 2.75) is 27.3 Å². The second-order valence-corrected chi connectivity index (χ2v) is 6.37. The van der Waals surface area contributed by atoms with E-state index in [2.05, 4.69) is 20.8 Å². The van der Waals surface area contributed by atoms with Gasteiger partial charge in [-0.2, -0.15) is 0 Å². The molecule has 26 heavy (non-hydrogen) atoms. The van der Waals surface area contributed by atoms with Crippen LogP contribution >= 0.6 is 0 Å². The van der Waals surface area contributed by atoms with Crippen molar-refractivity contribution in [3.8, 4) is 0 Å². The first-order chi connectivity index (χ1) is 12.5. The summed E-state index contributed by atoms with van der Waals surface area (Å²) in [5.41, 5.74) is 5.79. The molecule has 1 aromatic heterocycles. The molecule has 0 aliphatic heterocycles. The van der Waals surface area contributed by atoms with Gasteiger partial charge in [0.25, 0.3) is 5.91 Å². The van der Waals surface area contributed by atoms with Crippen molar-refractivity contribution in [2.75, 3.05) is 5.32 Å². The number of nitrogens with one attached hydrogen (secondary N) is 2. The molecule has 2 aromatic carbocycles. The molecule has 0 unspecified atom stereocenters. The zero-order valence-corrected chi connectivity index (χ0v) is 15.2. The molecule has 5 heteroatoms. The van der Waals surface area contributed by atoms with Crippen LogP contribution in [0.5, 0.6) is 0 Å². The first-order valence-electron chi connectivity index (χ1n) is 8.53. The van der Waals surface area contributed by atoms with Crippen LogP contribution in [0, 0.1) is 20.8 Å². The average Bonchev–Trinajstić information content (AvgIpc) is 2.63. The SMILES string of the molecule is Cc1cccc(CNC(=O)c2ccc(Nc3c(C)cccc3C)nn2)c1. The summed E-state index contributed by atoms with van der Waals surface area (Å²) in [6.45, 7) is 6.56. The average molecular weight is 346 g/mol. The molecule has 0 saturated carbocycles. The predicted octanol–water partition coefficient (Wildman–Crippen LogP) is 4.08. The third-order valence-corrected chi connectivity index (χ3v) is 4.17. The highest BCUT2D eigenvalue weighted by molar-refractivity contribution is 5.92. The number of nitrogens with zero attached hydrogens (tertiary/aromatic N) is 2. The van der Waals surface area contributed by atoms with E-state index in [-0.39, 0.29) is 5.91 Å². The topological polar surface area (TPSA) is 66.9 Å². The maximum atomic E-state index is 12.2. The quantitative estimate of drug-likeness (QED) is 0.731. The highest BCUT2D eigenvalue weighted by atomic mass is 16.1. The summed E-state index contributed by atoms with van der Waals surface area (Å²) in [4.78, 5) is 12.2. The van der Waals surface area contributed by atoms with Crippen LogP contribution in [-0.4, -0.2) is 16.1 Å². The highest BCUT2D eigenvalue weighted by Gasteiger charge is 2.09. The van der Waals surface area contributed by atoms with Gasteiger partial charge < -0.3 is 10.6 Å². The van der Waals surface area contributed by atoms with Crippen LogP contribution in [0.1, 0.15) is 32.7 Å². The fraction of sp³-hybridized carbons (Fsp3) is 0.190. The van der Waals surface area contributed by atoms with E-state index in [4.69, 9.17) is 0 Å². The normalized spacial score (nSPS) is 10.4. The fourth-order valence-corrected chi connectivity index (χ4v) is 2.75. The summed E-state index contributed by atoms with van der Waals surface area (Å²) < 4.78 is 0. The molecule has 0 aliphatic carbocycles. The van der Waals surface area contributed by atoms with Crippen molar-refractivity contribution in [1.29, 1.82) is 0 Å². The number of amides is 1. The van der Waals surface area contributed by atoms with Crippen LogP contribution < -0.4 is 10.6 Å². The molecule has 5 nitrogen and oxygen atoms in total. The molecule has 2 N–H and O–H groups in total. The Morgan fingerprint density at radius 2 is 1.65 bits per heavy atom. The lowest BCUT2D eigenvalue weighted by Gasteiger charge is -2.11. The minimum Gasteiger partial charge on any atom is -0.347 e. The van der Waals surface area contributed by atoms with Gasteiger partial charge in [0, 0.05) is 12.2 Å². The summed E-state index contributed by atoms with van der Waals surface area (Å²) in [6, 6.07) is 17.6. The van der Waals surface area contributed by atoms with Crippen LogP contribution in [-0.2, 0) is 6.54 Å². The third kappa shape index (κ3) is 4.25. The highest BCUT2D eigenvalue weighted by Crippen LogP contribution is 2.22. The number of hydrogen-bond acceptors (Lipinski definition) is 4. The van der Waals surface area contributed by atoms with Crippen LogP contribution in [0.4, 0.5) is 11.5 Å². The van der Waals surface area contributed by atoms with Gasteiger partial charge in [0.2, 0.25) is 0 Å². The van der Waals surface area contributed by atoms with Gasteiger partial charge in [-0.05, 0) is 49.6 Å². The Kier molecular flexibility index (Phi) is 5.27. The van der Waals surface area contributed by atoms with Crippen LogP contribution in [0.3, 0.4) is 0 Å². The van der Waals surface area contributed by atoms with Crippen LogP contribution in [0.25, 0.3) is 0 Å². The number of carbonyl (C=O) groups excluding carboxylic acids is 1. The van der Waals surface area contributed by atoms with Crippen molar-refractivity contribution in [1.82, 2.24) is 15.5 Å². The number of para-hydroxylation sites is 1. The number of carbonyl (C=O) groups is 1. The minimum absolute atomic E-state index is 0.238. The Hall–Kier alpha value is -3.21. The van der Waals surface area contributed by atoms with E-state index in [0.717, 1.165) is 22.4 Å². The largest absolute Gasteiger partial charge is 0.347 e. The lowest BCUT2D eigenvalue weighted by molar-refractivity contribution is 0.0945. The number of aryl methyl sites for hydroxylation is 3. The number of anilines is 2. The van der Waals surface area contributed by atoms with Crippen LogP contribution in [0.15, 0.2) is 54.6 Å². The smallest absolute Gasteiger partial charge is 0.272 e. The molecule has 0 saturated heterocycles. The molecule has 132 valence electrons. The van der Waals surface area contributed by atoms with Gasteiger partial charge >= 0.3 is 0 Å². The van der Waals surface area contributed by atoms with Gasteiger partial charge in [-0.3, -0.25) is 4.79 Å². The summed E-state index contributed by atoms with van der Waals surface area (Å²) in [5, 5.41) is 14.3. The van der Waals surface area contributed by atoms with Crippen molar-refractivity contribution in [3.05, 3.63) is 82.5 Å².